The van der Waals surface area contributed by atoms with Gasteiger partial charge < -0.3 is 5.73 Å². The second-order valence-corrected chi connectivity index (χ2v) is 3.57. The summed E-state index contributed by atoms with van der Waals surface area (Å²) in [5.74, 6) is 0. The van der Waals surface area contributed by atoms with Crippen molar-refractivity contribution in [1.82, 2.24) is 0 Å². The molecule has 0 saturated heterocycles. The van der Waals surface area contributed by atoms with E-state index in [9.17, 15) is 4.79 Å². The zero-order valence-corrected chi connectivity index (χ0v) is 8.31. The van der Waals surface area contributed by atoms with Gasteiger partial charge in [-0.25, -0.2) is 0 Å². The molecule has 2 N–H and O–H groups in total. The van der Waals surface area contributed by atoms with E-state index in [1.165, 1.54) is 5.39 Å². The van der Waals surface area contributed by atoms with Crippen molar-refractivity contribution in [1.29, 1.82) is 0 Å². The molecule has 0 amide bonds. The molecule has 0 spiro atoms. The molecule has 0 heterocycles. The molecule has 0 unspecified atom stereocenters. The number of nitrogens with two attached hydrogens (primary N) is 1. The molecule has 75 valence electrons. The average molecular weight is 198 g/mol. The van der Waals surface area contributed by atoms with Gasteiger partial charge in [0.2, 0.25) is 6.29 Å². The van der Waals surface area contributed by atoms with Crippen LogP contribution in [-0.4, -0.2) is 12.3 Å². The molecule has 2 heteroatoms. The minimum Gasteiger partial charge on any atom is -0.321 e. The van der Waals surface area contributed by atoms with Crippen LogP contribution >= 0.6 is 0 Å². The van der Waals surface area contributed by atoms with Gasteiger partial charge in [-0.3, -0.25) is 4.79 Å². The second-order valence-electron chi connectivity index (χ2n) is 3.57. The Morgan fingerprint density at radius 2 is 1.87 bits per heavy atom. The molecule has 2 rings (SSSR count). The summed E-state index contributed by atoms with van der Waals surface area (Å²) < 4.78 is 0. The predicted octanol–water partition coefficient (Wildman–Crippen LogP) is 1.82. The molecule has 0 aliphatic heterocycles. The summed E-state index contributed by atoms with van der Waals surface area (Å²) in [4.78, 5) is 10.4. The van der Waals surface area contributed by atoms with E-state index in [2.05, 4.69) is 12.1 Å². The Kier molecular flexibility index (Phi) is 2.79. The van der Waals surface area contributed by atoms with Crippen LogP contribution in [0.2, 0.25) is 0 Å². The fourth-order valence-electron chi connectivity index (χ4n) is 1.75. The normalized spacial score (nSPS) is 12.6. The van der Waals surface area contributed by atoms with Crippen LogP contribution < -0.4 is 5.73 Å². The van der Waals surface area contributed by atoms with Crippen molar-refractivity contribution < 1.29 is 4.79 Å². The fourth-order valence-corrected chi connectivity index (χ4v) is 1.75. The SMILES string of the molecule is N[C@H]([C]=O)Cc1cccc2ccccc12. The first-order valence-corrected chi connectivity index (χ1v) is 4.91. The van der Waals surface area contributed by atoms with Crippen molar-refractivity contribution >= 4 is 17.1 Å². The van der Waals surface area contributed by atoms with E-state index in [0.717, 1.165) is 10.9 Å². The highest BCUT2D eigenvalue weighted by atomic mass is 16.1. The van der Waals surface area contributed by atoms with Crippen molar-refractivity contribution in [2.24, 2.45) is 5.73 Å². The maximum Gasteiger partial charge on any atom is 0.217 e. The van der Waals surface area contributed by atoms with Gasteiger partial charge in [0.15, 0.2) is 0 Å². The quantitative estimate of drug-likeness (QED) is 0.817. The smallest absolute Gasteiger partial charge is 0.217 e. The molecule has 1 atom stereocenters. The second kappa shape index (κ2) is 4.24. The number of carbonyl (C=O) groups excluding carboxylic acids is 1. The van der Waals surface area contributed by atoms with Gasteiger partial charge in [-0.05, 0) is 22.8 Å². The van der Waals surface area contributed by atoms with Crippen molar-refractivity contribution in [3.8, 4) is 0 Å². The van der Waals surface area contributed by atoms with E-state index in [1.54, 1.807) is 6.29 Å². The molecular formula is C13H12NO. The van der Waals surface area contributed by atoms with Gasteiger partial charge in [-0.1, -0.05) is 42.5 Å². The molecule has 2 aromatic rings. The lowest BCUT2D eigenvalue weighted by Gasteiger charge is -2.07. The lowest BCUT2D eigenvalue weighted by atomic mass is 10.00. The zero-order chi connectivity index (χ0) is 10.7. The molecule has 2 nitrogen and oxygen atoms in total. The van der Waals surface area contributed by atoms with E-state index in [1.807, 2.05) is 30.3 Å². The van der Waals surface area contributed by atoms with Crippen LogP contribution in [0, 0.1) is 0 Å². The summed E-state index contributed by atoms with van der Waals surface area (Å²) in [6.45, 7) is 0. The van der Waals surface area contributed by atoms with Crippen molar-refractivity contribution in [3.63, 3.8) is 0 Å². The van der Waals surface area contributed by atoms with Crippen LogP contribution in [0.4, 0.5) is 0 Å². The molecule has 2 aromatic carbocycles. The van der Waals surface area contributed by atoms with Crippen LogP contribution in [0.25, 0.3) is 10.8 Å². The molecule has 0 saturated carbocycles. The van der Waals surface area contributed by atoms with Gasteiger partial charge in [-0.2, -0.15) is 0 Å². The van der Waals surface area contributed by atoms with Crippen LogP contribution in [-0.2, 0) is 11.2 Å². The number of fused-ring (bicyclic) bond motifs is 1. The summed E-state index contributed by atoms with van der Waals surface area (Å²) in [5.41, 5.74) is 6.67. The van der Waals surface area contributed by atoms with Gasteiger partial charge in [0, 0.05) is 0 Å². The minimum absolute atomic E-state index is 0.532. The number of rotatable bonds is 3. The lowest BCUT2D eigenvalue weighted by molar-refractivity contribution is 0.541. The van der Waals surface area contributed by atoms with Crippen LogP contribution in [0.5, 0.6) is 0 Å². The highest BCUT2D eigenvalue weighted by Crippen LogP contribution is 2.19. The van der Waals surface area contributed by atoms with E-state index in [4.69, 9.17) is 5.73 Å². The summed E-state index contributed by atoms with van der Waals surface area (Å²) in [6.07, 6.45) is 2.35. The minimum atomic E-state index is -0.532. The van der Waals surface area contributed by atoms with E-state index in [-0.39, 0.29) is 0 Å². The Hall–Kier alpha value is -1.67. The zero-order valence-electron chi connectivity index (χ0n) is 8.31. The Morgan fingerprint density at radius 1 is 1.13 bits per heavy atom. The molecule has 0 bridgehead atoms. The van der Waals surface area contributed by atoms with Gasteiger partial charge in [0.1, 0.15) is 0 Å². The molecule has 15 heavy (non-hydrogen) atoms. The maximum absolute atomic E-state index is 10.4. The molecule has 1 radical (unpaired) electrons. The molecule has 0 aliphatic carbocycles. The van der Waals surface area contributed by atoms with Crippen molar-refractivity contribution in [3.05, 3.63) is 48.0 Å². The fraction of sp³-hybridized carbons (Fsp3) is 0.154. The van der Waals surface area contributed by atoms with Crippen molar-refractivity contribution in [2.45, 2.75) is 12.5 Å². The van der Waals surface area contributed by atoms with E-state index >= 15 is 0 Å². The summed E-state index contributed by atoms with van der Waals surface area (Å²) in [6, 6.07) is 13.6. The predicted molar refractivity (Wildman–Crippen MR) is 61.3 cm³/mol. The topological polar surface area (TPSA) is 43.1 Å². The Morgan fingerprint density at radius 3 is 2.67 bits per heavy atom. The number of hydrogen-bond donors (Lipinski definition) is 1. The molecule has 0 fully saturated rings. The highest BCUT2D eigenvalue weighted by Gasteiger charge is 2.05. The van der Waals surface area contributed by atoms with Gasteiger partial charge >= 0.3 is 0 Å². The number of benzene rings is 2. The monoisotopic (exact) mass is 198 g/mol. The van der Waals surface area contributed by atoms with E-state index in [0.29, 0.717) is 6.42 Å². The van der Waals surface area contributed by atoms with Gasteiger partial charge in [0.05, 0.1) is 6.04 Å². The standard InChI is InChI=1S/C13H12NO/c14-12(9-15)8-11-6-3-5-10-4-1-2-7-13(10)11/h1-7,12H,8,14H2/t12-/m0/s1. The summed E-state index contributed by atoms with van der Waals surface area (Å²) in [7, 11) is 0. The Balaban J connectivity index is 2.46. The highest BCUT2D eigenvalue weighted by molar-refractivity contribution is 5.86. The third-order valence-corrected chi connectivity index (χ3v) is 2.47. The first-order valence-electron chi connectivity index (χ1n) is 4.91. The Labute approximate surface area is 88.7 Å². The van der Waals surface area contributed by atoms with Gasteiger partial charge in [0.25, 0.3) is 0 Å². The lowest BCUT2D eigenvalue weighted by Crippen LogP contribution is -2.24. The van der Waals surface area contributed by atoms with Crippen molar-refractivity contribution in [2.75, 3.05) is 0 Å². The Bertz CT molecular complexity index is 473. The molecule has 0 aromatic heterocycles. The van der Waals surface area contributed by atoms with Crippen LogP contribution in [0.1, 0.15) is 5.56 Å². The molecular weight excluding hydrogens is 186 g/mol. The van der Waals surface area contributed by atoms with Crippen LogP contribution in [0.15, 0.2) is 42.5 Å². The maximum atomic E-state index is 10.4. The van der Waals surface area contributed by atoms with Crippen LogP contribution in [0.3, 0.4) is 0 Å². The summed E-state index contributed by atoms with van der Waals surface area (Å²) >= 11 is 0. The van der Waals surface area contributed by atoms with E-state index < -0.39 is 6.04 Å². The first-order chi connectivity index (χ1) is 7.31. The van der Waals surface area contributed by atoms with Gasteiger partial charge in [-0.15, -0.1) is 0 Å². The third kappa shape index (κ3) is 2.05. The summed E-state index contributed by atoms with van der Waals surface area (Å²) in [5, 5.41) is 2.33. The first kappa shape index (κ1) is 9.87. The number of hydrogen-bond acceptors (Lipinski definition) is 2. The third-order valence-electron chi connectivity index (χ3n) is 2.47. The molecule has 0 aliphatic rings. The average Bonchev–Trinajstić information content (AvgIpc) is 2.29. The largest absolute Gasteiger partial charge is 0.321 e.